The van der Waals surface area contributed by atoms with Crippen molar-refractivity contribution in [2.45, 2.75) is 50.7 Å². The number of benzene rings is 3. The third-order valence-electron chi connectivity index (χ3n) is 7.13. The maximum Gasteiger partial charge on any atom is 0.244 e. The third-order valence-corrected chi connectivity index (χ3v) is 9.16. The third kappa shape index (κ3) is 8.38. The van der Waals surface area contributed by atoms with Gasteiger partial charge >= 0.3 is 0 Å². The summed E-state index contributed by atoms with van der Waals surface area (Å²) < 4.78 is 26.8. The topological polar surface area (TPSA) is 86.8 Å². The molecule has 1 aliphatic rings. The molecule has 1 saturated carbocycles. The minimum atomic E-state index is -3.95. The largest absolute Gasteiger partial charge is 0.352 e. The summed E-state index contributed by atoms with van der Waals surface area (Å²) in [5.41, 5.74) is 1.60. The number of halogens is 3. The van der Waals surface area contributed by atoms with Crippen LogP contribution < -0.4 is 9.62 Å². The highest BCUT2D eigenvalue weighted by atomic mass is 35.5. The van der Waals surface area contributed by atoms with Crippen molar-refractivity contribution in [2.24, 2.45) is 0 Å². The van der Waals surface area contributed by atoms with Crippen LogP contribution in [0.4, 0.5) is 5.69 Å². The number of amides is 2. The Morgan fingerprint density at radius 1 is 0.927 bits per heavy atom. The predicted octanol–water partition coefficient (Wildman–Crippen LogP) is 6.11. The van der Waals surface area contributed by atoms with Gasteiger partial charge in [0.15, 0.2) is 0 Å². The molecule has 0 aliphatic heterocycles. The van der Waals surface area contributed by atoms with E-state index < -0.39 is 28.5 Å². The van der Waals surface area contributed by atoms with Crippen molar-refractivity contribution in [3.63, 3.8) is 0 Å². The highest BCUT2D eigenvalue weighted by Crippen LogP contribution is 2.31. The number of nitrogens with one attached hydrogen (secondary N) is 1. The molecule has 218 valence electrons. The van der Waals surface area contributed by atoms with Gasteiger partial charge in [0.05, 0.1) is 17.0 Å². The van der Waals surface area contributed by atoms with Gasteiger partial charge in [-0.3, -0.25) is 13.9 Å². The molecule has 1 atom stereocenters. The SMILES string of the molecule is CS(=O)(=O)N(CC(=O)N(Cc1ccccc1Cl)C(Cc1ccccc1)C(=O)NC1CCCC1)c1ccc(Cl)cc1Cl. The van der Waals surface area contributed by atoms with Crippen LogP contribution >= 0.6 is 34.8 Å². The lowest BCUT2D eigenvalue weighted by atomic mass is 10.0. The number of hydrogen-bond donors (Lipinski definition) is 1. The smallest absolute Gasteiger partial charge is 0.244 e. The fourth-order valence-electron chi connectivity index (χ4n) is 5.01. The summed E-state index contributed by atoms with van der Waals surface area (Å²) >= 11 is 18.9. The summed E-state index contributed by atoms with van der Waals surface area (Å²) in [7, 11) is -3.95. The normalized spacial score (nSPS) is 14.4. The zero-order valence-electron chi connectivity index (χ0n) is 22.6. The van der Waals surface area contributed by atoms with Crippen LogP contribution in [-0.2, 0) is 32.6 Å². The molecule has 0 bridgehead atoms. The molecule has 0 spiro atoms. The fourth-order valence-corrected chi connectivity index (χ4v) is 6.63. The second-order valence-corrected chi connectivity index (χ2v) is 13.3. The maximum absolute atomic E-state index is 14.2. The predicted molar refractivity (Wildman–Crippen MR) is 165 cm³/mol. The number of carbonyl (C=O) groups excluding carboxylic acids is 2. The Morgan fingerprint density at radius 2 is 1.59 bits per heavy atom. The van der Waals surface area contributed by atoms with Gasteiger partial charge in [-0.05, 0) is 48.2 Å². The first-order valence-corrected chi connectivity index (χ1v) is 16.3. The second kappa shape index (κ2) is 13.9. The van der Waals surface area contributed by atoms with Crippen molar-refractivity contribution in [1.82, 2.24) is 10.2 Å². The summed E-state index contributed by atoms with van der Waals surface area (Å²) in [5, 5.41) is 3.96. The zero-order valence-corrected chi connectivity index (χ0v) is 25.7. The number of nitrogens with zero attached hydrogens (tertiary/aromatic N) is 2. The van der Waals surface area contributed by atoms with Crippen LogP contribution in [-0.4, -0.2) is 50.0 Å². The Morgan fingerprint density at radius 3 is 2.22 bits per heavy atom. The number of anilines is 1. The van der Waals surface area contributed by atoms with Crippen molar-refractivity contribution in [1.29, 1.82) is 0 Å². The highest BCUT2D eigenvalue weighted by molar-refractivity contribution is 7.92. The van der Waals surface area contributed by atoms with Gasteiger partial charge in [0.25, 0.3) is 0 Å². The van der Waals surface area contributed by atoms with Crippen molar-refractivity contribution in [3.05, 3.63) is 99.0 Å². The van der Waals surface area contributed by atoms with Gasteiger partial charge in [0.1, 0.15) is 12.6 Å². The summed E-state index contributed by atoms with van der Waals surface area (Å²) in [5.74, 6) is -0.875. The molecule has 4 rings (SSSR count). The Bertz CT molecular complexity index is 1480. The van der Waals surface area contributed by atoms with E-state index in [9.17, 15) is 18.0 Å². The van der Waals surface area contributed by atoms with Crippen molar-refractivity contribution in [2.75, 3.05) is 17.1 Å². The number of carbonyl (C=O) groups is 2. The van der Waals surface area contributed by atoms with E-state index in [0.717, 1.165) is 41.8 Å². The van der Waals surface area contributed by atoms with Gasteiger partial charge in [-0.15, -0.1) is 0 Å². The van der Waals surface area contributed by atoms with E-state index in [1.165, 1.54) is 23.1 Å². The Kier molecular flexibility index (Phi) is 10.6. The molecule has 1 N–H and O–H groups in total. The first-order valence-electron chi connectivity index (χ1n) is 13.3. The van der Waals surface area contributed by atoms with Crippen LogP contribution in [0.1, 0.15) is 36.8 Å². The van der Waals surface area contributed by atoms with Gasteiger partial charge in [0.2, 0.25) is 21.8 Å². The highest BCUT2D eigenvalue weighted by Gasteiger charge is 2.35. The van der Waals surface area contributed by atoms with E-state index in [2.05, 4.69) is 5.32 Å². The van der Waals surface area contributed by atoms with Gasteiger partial charge in [-0.1, -0.05) is 96.2 Å². The van der Waals surface area contributed by atoms with Crippen LogP contribution in [0.3, 0.4) is 0 Å². The molecule has 41 heavy (non-hydrogen) atoms. The Hall–Kier alpha value is -2.78. The first-order chi connectivity index (χ1) is 19.5. The van der Waals surface area contributed by atoms with Crippen LogP contribution in [0.15, 0.2) is 72.8 Å². The van der Waals surface area contributed by atoms with Gasteiger partial charge in [-0.25, -0.2) is 8.42 Å². The van der Waals surface area contributed by atoms with Crippen molar-refractivity contribution >= 4 is 62.3 Å². The summed E-state index contributed by atoms with van der Waals surface area (Å²) in [6.45, 7) is -0.577. The van der Waals surface area contributed by atoms with E-state index in [1.807, 2.05) is 30.3 Å². The fraction of sp³-hybridized carbons (Fsp3) is 0.333. The summed E-state index contributed by atoms with van der Waals surface area (Å²) in [4.78, 5) is 29.4. The van der Waals surface area contributed by atoms with E-state index in [1.54, 1.807) is 24.3 Å². The zero-order chi connectivity index (χ0) is 29.6. The molecular weight excluding hydrogens is 605 g/mol. The number of hydrogen-bond acceptors (Lipinski definition) is 4. The van der Waals surface area contributed by atoms with Gasteiger partial charge in [0, 0.05) is 29.1 Å². The quantitative estimate of drug-likeness (QED) is 0.275. The minimum Gasteiger partial charge on any atom is -0.352 e. The molecule has 7 nitrogen and oxygen atoms in total. The molecule has 0 heterocycles. The summed E-state index contributed by atoms with van der Waals surface area (Å²) in [6, 6.07) is 19.9. The molecular formula is C30H32Cl3N3O4S. The Balaban J connectivity index is 1.75. The Labute approximate surface area is 256 Å². The standard InChI is InChI=1S/C30H32Cl3N3O4S/c1-41(39,40)36(27-16-15-23(31)18-26(27)33)20-29(37)35(19-22-11-5-8-14-25(22)32)28(17-21-9-3-2-4-10-21)30(38)34-24-12-6-7-13-24/h2-5,8-11,14-16,18,24,28H,6-7,12-13,17,19-20H2,1H3,(H,34,38). The molecule has 0 radical (unpaired) electrons. The molecule has 3 aromatic carbocycles. The van der Waals surface area contributed by atoms with Crippen LogP contribution in [0, 0.1) is 0 Å². The lowest BCUT2D eigenvalue weighted by Crippen LogP contribution is -2.54. The van der Waals surface area contributed by atoms with E-state index in [4.69, 9.17) is 34.8 Å². The molecule has 1 aliphatic carbocycles. The van der Waals surface area contributed by atoms with E-state index in [-0.39, 0.29) is 35.6 Å². The maximum atomic E-state index is 14.2. The van der Waals surface area contributed by atoms with E-state index in [0.29, 0.717) is 15.6 Å². The molecule has 0 saturated heterocycles. The van der Waals surface area contributed by atoms with E-state index >= 15 is 0 Å². The number of rotatable bonds is 11. The number of sulfonamides is 1. The second-order valence-electron chi connectivity index (χ2n) is 10.2. The monoisotopic (exact) mass is 635 g/mol. The van der Waals surface area contributed by atoms with Crippen molar-refractivity contribution in [3.8, 4) is 0 Å². The molecule has 1 unspecified atom stereocenters. The molecule has 3 aromatic rings. The molecule has 2 amide bonds. The molecule has 1 fully saturated rings. The average molecular weight is 637 g/mol. The van der Waals surface area contributed by atoms with Crippen LogP contribution in [0.5, 0.6) is 0 Å². The lowest BCUT2D eigenvalue weighted by Gasteiger charge is -2.34. The van der Waals surface area contributed by atoms with Crippen molar-refractivity contribution < 1.29 is 18.0 Å². The molecule has 0 aromatic heterocycles. The minimum absolute atomic E-state index is 0.0000451. The van der Waals surface area contributed by atoms with Crippen LogP contribution in [0.2, 0.25) is 15.1 Å². The van der Waals surface area contributed by atoms with Gasteiger partial charge < -0.3 is 10.2 Å². The summed E-state index contributed by atoms with van der Waals surface area (Å²) in [6.07, 6.45) is 5.04. The van der Waals surface area contributed by atoms with Gasteiger partial charge in [-0.2, -0.15) is 0 Å². The lowest BCUT2D eigenvalue weighted by molar-refractivity contribution is -0.140. The van der Waals surface area contributed by atoms with Crippen LogP contribution in [0.25, 0.3) is 0 Å². The average Bonchev–Trinajstić information content (AvgIpc) is 3.43. The molecule has 11 heteroatoms. The first kappa shape index (κ1) is 31.2.